The van der Waals surface area contributed by atoms with Gasteiger partial charge in [-0.1, -0.05) is 26.0 Å². The quantitative estimate of drug-likeness (QED) is 0.244. The summed E-state index contributed by atoms with van der Waals surface area (Å²) in [6.45, 7) is 4.46. The van der Waals surface area contributed by atoms with Crippen LogP contribution in [0.5, 0.6) is 5.75 Å². The third kappa shape index (κ3) is 4.03. The molecule has 36 heavy (non-hydrogen) atoms. The Labute approximate surface area is 209 Å². The van der Waals surface area contributed by atoms with Crippen LogP contribution in [0.15, 0.2) is 60.7 Å². The molecule has 0 saturated carbocycles. The van der Waals surface area contributed by atoms with Crippen LogP contribution in [0.3, 0.4) is 0 Å². The molecule has 3 aromatic heterocycles. The zero-order valence-electron chi connectivity index (χ0n) is 20.4. The Hall–Kier alpha value is -4.38. The molecule has 6 rings (SSSR count). The number of nitrogens with one attached hydrogen (secondary N) is 2. The molecule has 0 atom stereocenters. The van der Waals surface area contributed by atoms with E-state index in [-0.39, 0.29) is 5.75 Å². The van der Waals surface area contributed by atoms with Crippen LogP contribution in [0, 0.1) is 0 Å². The van der Waals surface area contributed by atoms with E-state index in [2.05, 4.69) is 84.5 Å². The van der Waals surface area contributed by atoms with Gasteiger partial charge in [-0.05, 0) is 97.2 Å². The van der Waals surface area contributed by atoms with Crippen LogP contribution in [-0.2, 0) is 0 Å². The summed E-state index contributed by atoms with van der Waals surface area (Å²) in [6, 6.07) is 19.8. The van der Waals surface area contributed by atoms with Crippen LogP contribution in [-0.4, -0.2) is 25.0 Å². The lowest BCUT2D eigenvalue weighted by Crippen LogP contribution is -2.01. The molecule has 2 aliphatic rings. The molecule has 0 saturated heterocycles. The van der Waals surface area contributed by atoms with Crippen molar-refractivity contribution in [3.63, 3.8) is 0 Å². The normalized spacial score (nSPS) is 12.5. The van der Waals surface area contributed by atoms with E-state index >= 15 is 0 Å². The number of benzene rings is 1. The number of rotatable bonds is 4. The van der Waals surface area contributed by atoms with Gasteiger partial charge in [0.2, 0.25) is 0 Å². The average Bonchev–Trinajstić information content (AvgIpc) is 3.68. The minimum absolute atomic E-state index is 0.232. The van der Waals surface area contributed by atoms with Gasteiger partial charge in [-0.3, -0.25) is 0 Å². The maximum atomic E-state index is 10.2. The number of hydrogen-bond donors (Lipinski definition) is 3. The topological polar surface area (TPSA) is 77.6 Å². The number of H-pyrrole nitrogens is 2. The minimum Gasteiger partial charge on any atom is -0.508 e. The fourth-order valence-electron chi connectivity index (χ4n) is 5.18. The van der Waals surface area contributed by atoms with Crippen LogP contribution < -0.4 is 0 Å². The summed E-state index contributed by atoms with van der Waals surface area (Å²) in [5, 5.41) is 10.2. The third-order valence-electron chi connectivity index (χ3n) is 6.97. The molecular formula is C31H28N4O. The van der Waals surface area contributed by atoms with E-state index in [0.29, 0.717) is 5.92 Å². The maximum absolute atomic E-state index is 10.2. The Morgan fingerprint density at radius 3 is 1.83 bits per heavy atom. The van der Waals surface area contributed by atoms with E-state index in [9.17, 15) is 5.11 Å². The van der Waals surface area contributed by atoms with Crippen molar-refractivity contribution in [2.75, 3.05) is 0 Å². The van der Waals surface area contributed by atoms with Crippen molar-refractivity contribution in [2.24, 2.45) is 0 Å². The van der Waals surface area contributed by atoms with E-state index in [0.717, 1.165) is 68.8 Å². The lowest BCUT2D eigenvalue weighted by Gasteiger charge is -2.14. The molecule has 2 aliphatic heterocycles. The van der Waals surface area contributed by atoms with Gasteiger partial charge >= 0.3 is 0 Å². The van der Waals surface area contributed by atoms with E-state index in [4.69, 9.17) is 9.97 Å². The molecule has 1 aromatic carbocycles. The molecule has 0 amide bonds. The SMILES string of the molecule is CCC(CC)c1c2nc(cc3ccc([nH]3)c(-c3cccc(O)c3)c3ccc(cc4nc1C=C4)[nH]3)C=C2. The van der Waals surface area contributed by atoms with E-state index < -0.39 is 0 Å². The van der Waals surface area contributed by atoms with E-state index in [1.807, 2.05) is 12.1 Å². The highest BCUT2D eigenvalue weighted by molar-refractivity contribution is 5.94. The first-order valence-corrected chi connectivity index (χ1v) is 12.5. The monoisotopic (exact) mass is 472 g/mol. The number of aromatic nitrogens is 4. The average molecular weight is 473 g/mol. The fraction of sp³-hybridized carbons (Fsp3) is 0.161. The summed E-state index contributed by atoms with van der Waals surface area (Å²) in [6.07, 6.45) is 10.4. The zero-order valence-corrected chi connectivity index (χ0v) is 20.4. The molecule has 0 fully saturated rings. The number of aromatic amines is 2. The molecule has 0 spiro atoms. The van der Waals surface area contributed by atoms with Crippen LogP contribution in [0.2, 0.25) is 0 Å². The van der Waals surface area contributed by atoms with Gasteiger partial charge in [-0.25, -0.2) is 9.97 Å². The Morgan fingerprint density at radius 2 is 1.31 bits per heavy atom. The predicted molar refractivity (Wildman–Crippen MR) is 149 cm³/mol. The second-order valence-corrected chi connectivity index (χ2v) is 9.31. The van der Waals surface area contributed by atoms with Gasteiger partial charge < -0.3 is 15.1 Å². The van der Waals surface area contributed by atoms with E-state index in [1.165, 1.54) is 5.56 Å². The number of phenols is 1. The van der Waals surface area contributed by atoms with Crippen molar-refractivity contribution in [2.45, 2.75) is 32.6 Å². The third-order valence-corrected chi connectivity index (χ3v) is 6.97. The number of hydrogen-bond acceptors (Lipinski definition) is 3. The summed E-state index contributed by atoms with van der Waals surface area (Å²) in [5.41, 5.74) is 10.8. The largest absolute Gasteiger partial charge is 0.508 e. The Morgan fingerprint density at radius 1 is 0.722 bits per heavy atom. The van der Waals surface area contributed by atoms with Crippen LogP contribution >= 0.6 is 0 Å². The van der Waals surface area contributed by atoms with Crippen LogP contribution in [0.1, 0.15) is 60.9 Å². The minimum atomic E-state index is 0.232. The molecule has 178 valence electrons. The second-order valence-electron chi connectivity index (χ2n) is 9.31. The standard InChI is InChI=1S/C31H28N4O/c1-3-19(4-2)30-26-12-8-21(32-26)17-23-10-14-28(34-23)31(20-6-5-7-25(36)16-20)29-15-11-24(35-29)18-22-9-13-27(30)33-22/h5-19,34-36H,3-4H2,1-2H3. The summed E-state index contributed by atoms with van der Waals surface area (Å²) in [5.74, 6) is 0.624. The van der Waals surface area contributed by atoms with Gasteiger partial charge in [0.1, 0.15) is 5.75 Å². The number of phenolic OH excluding ortho intramolecular Hbond substituents is 1. The highest BCUT2D eigenvalue weighted by Gasteiger charge is 2.18. The fourth-order valence-corrected chi connectivity index (χ4v) is 5.18. The second kappa shape index (κ2) is 9.00. The van der Waals surface area contributed by atoms with Gasteiger partial charge in [-0.15, -0.1) is 0 Å². The molecule has 3 N–H and O–H groups in total. The molecule has 0 aliphatic carbocycles. The van der Waals surface area contributed by atoms with Gasteiger partial charge in [-0.2, -0.15) is 0 Å². The first-order chi connectivity index (χ1) is 17.6. The smallest absolute Gasteiger partial charge is 0.116 e. The maximum Gasteiger partial charge on any atom is 0.116 e. The molecule has 0 radical (unpaired) electrons. The lowest BCUT2D eigenvalue weighted by molar-refractivity contribution is 0.475. The van der Waals surface area contributed by atoms with Crippen molar-refractivity contribution in [3.8, 4) is 16.9 Å². The van der Waals surface area contributed by atoms with Crippen LogP contribution in [0.4, 0.5) is 0 Å². The summed E-state index contributed by atoms with van der Waals surface area (Å²) in [4.78, 5) is 17.1. The van der Waals surface area contributed by atoms with Crippen molar-refractivity contribution in [1.29, 1.82) is 0 Å². The molecule has 5 heteroatoms. The Balaban J connectivity index is 1.71. The van der Waals surface area contributed by atoms with Crippen molar-refractivity contribution in [3.05, 3.63) is 89.0 Å². The molecular weight excluding hydrogens is 444 g/mol. The summed E-state index contributed by atoms with van der Waals surface area (Å²) in [7, 11) is 0. The van der Waals surface area contributed by atoms with Crippen LogP contribution in [0.25, 0.3) is 57.5 Å². The van der Waals surface area contributed by atoms with Crippen molar-refractivity contribution < 1.29 is 5.11 Å². The summed E-state index contributed by atoms with van der Waals surface area (Å²) < 4.78 is 0. The molecule has 4 aromatic rings. The Kier molecular flexibility index (Phi) is 5.53. The van der Waals surface area contributed by atoms with E-state index in [1.54, 1.807) is 12.1 Å². The van der Waals surface area contributed by atoms with Gasteiger partial charge in [0, 0.05) is 33.2 Å². The summed E-state index contributed by atoms with van der Waals surface area (Å²) >= 11 is 0. The molecule has 0 unspecified atom stereocenters. The van der Waals surface area contributed by atoms with Gasteiger partial charge in [0.15, 0.2) is 0 Å². The molecule has 8 bridgehead atoms. The molecule has 5 nitrogen and oxygen atoms in total. The highest BCUT2D eigenvalue weighted by Crippen LogP contribution is 2.33. The first kappa shape index (κ1) is 22.1. The van der Waals surface area contributed by atoms with Gasteiger partial charge in [0.05, 0.1) is 22.8 Å². The zero-order chi connectivity index (χ0) is 24.6. The first-order valence-electron chi connectivity index (χ1n) is 12.5. The predicted octanol–water partition coefficient (Wildman–Crippen LogP) is 7.93. The number of aromatic hydroxyl groups is 1. The Bertz CT molecular complexity index is 1590. The number of nitrogens with zero attached hydrogens (tertiary/aromatic N) is 2. The molecule has 5 heterocycles. The van der Waals surface area contributed by atoms with Crippen molar-refractivity contribution in [1.82, 2.24) is 19.9 Å². The highest BCUT2D eigenvalue weighted by atomic mass is 16.3. The van der Waals surface area contributed by atoms with Gasteiger partial charge in [0.25, 0.3) is 0 Å². The van der Waals surface area contributed by atoms with Crippen molar-refractivity contribution >= 4 is 46.4 Å². The number of fused-ring (bicyclic) bond motifs is 8. The lowest BCUT2D eigenvalue weighted by atomic mass is 9.91.